The van der Waals surface area contributed by atoms with E-state index >= 15 is 0 Å². The predicted molar refractivity (Wildman–Crippen MR) is 142 cm³/mol. The zero-order valence-electron chi connectivity index (χ0n) is 22.5. The van der Waals surface area contributed by atoms with E-state index in [1.807, 2.05) is 0 Å². The number of hydrogen-bond acceptors (Lipinski definition) is 4. The lowest BCUT2D eigenvalue weighted by atomic mass is 9.79. The standard InChI is InChI=1S/C30H51ClO4/c1-3-5-7-9-22-11-15-24(16-12-22)29(32)35-26-19-20-27(28(31)21-26)30(33)34-25-17-13-23(14-18-25)10-8-6-4-2/h22-28H,3-21H2,1-2H3. The number of alkyl halides is 1. The average Bonchev–Trinajstić information content (AvgIpc) is 2.86. The number of unbranched alkanes of at least 4 members (excludes halogenated alkanes) is 4. The SMILES string of the molecule is CCCCCC1CCC(OC(=O)C2CCC(OC(=O)C3CCC(CCCCC)CC3)CC2Cl)CC1. The summed E-state index contributed by atoms with van der Waals surface area (Å²) >= 11 is 6.64. The molecule has 0 aromatic carbocycles. The second kappa shape index (κ2) is 15.5. The molecule has 0 heterocycles. The number of carbonyl (C=O) groups excluding carboxylic acids is 2. The Bertz CT molecular complexity index is 622. The van der Waals surface area contributed by atoms with Crippen molar-refractivity contribution < 1.29 is 19.1 Å². The summed E-state index contributed by atoms with van der Waals surface area (Å²) in [5.41, 5.74) is 0. The molecule has 0 radical (unpaired) electrons. The molecule has 3 aliphatic rings. The first-order chi connectivity index (χ1) is 17.0. The van der Waals surface area contributed by atoms with Gasteiger partial charge in [0.2, 0.25) is 0 Å². The molecule has 3 atom stereocenters. The Morgan fingerprint density at radius 3 is 1.71 bits per heavy atom. The summed E-state index contributed by atoms with van der Waals surface area (Å²) < 4.78 is 11.8. The average molecular weight is 511 g/mol. The molecule has 35 heavy (non-hydrogen) atoms. The zero-order valence-corrected chi connectivity index (χ0v) is 23.2. The van der Waals surface area contributed by atoms with Gasteiger partial charge >= 0.3 is 11.9 Å². The molecule has 3 fully saturated rings. The highest BCUT2D eigenvalue weighted by atomic mass is 35.5. The fourth-order valence-corrected chi connectivity index (χ4v) is 6.98. The Morgan fingerprint density at radius 2 is 1.17 bits per heavy atom. The largest absolute Gasteiger partial charge is 0.462 e. The molecule has 3 unspecified atom stereocenters. The number of halogens is 1. The van der Waals surface area contributed by atoms with Gasteiger partial charge in [0, 0.05) is 6.42 Å². The van der Waals surface area contributed by atoms with Gasteiger partial charge in [0.05, 0.1) is 17.2 Å². The van der Waals surface area contributed by atoms with E-state index in [0.29, 0.717) is 19.3 Å². The first-order valence-electron chi connectivity index (χ1n) is 15.0. The van der Waals surface area contributed by atoms with Crippen molar-refractivity contribution in [1.29, 1.82) is 0 Å². The zero-order chi connectivity index (χ0) is 25.0. The fraction of sp³-hybridized carbons (Fsp3) is 0.933. The first kappa shape index (κ1) is 28.8. The predicted octanol–water partition coefficient (Wildman–Crippen LogP) is 8.37. The smallest absolute Gasteiger partial charge is 0.310 e. The van der Waals surface area contributed by atoms with Crippen molar-refractivity contribution in [2.24, 2.45) is 23.7 Å². The molecule has 3 rings (SSSR count). The van der Waals surface area contributed by atoms with Crippen molar-refractivity contribution in [1.82, 2.24) is 0 Å². The second-order valence-corrected chi connectivity index (χ2v) is 12.3. The van der Waals surface area contributed by atoms with Crippen LogP contribution in [0.1, 0.15) is 136 Å². The lowest BCUT2D eigenvalue weighted by molar-refractivity contribution is -0.161. The van der Waals surface area contributed by atoms with Crippen LogP contribution in [0.4, 0.5) is 0 Å². The van der Waals surface area contributed by atoms with Crippen LogP contribution in [0.2, 0.25) is 0 Å². The maximum atomic E-state index is 12.9. The molecule has 0 saturated heterocycles. The number of rotatable bonds is 12. The molecule has 0 spiro atoms. The Balaban J connectivity index is 1.32. The summed E-state index contributed by atoms with van der Waals surface area (Å²) in [6, 6.07) is 0. The van der Waals surface area contributed by atoms with Crippen molar-refractivity contribution in [3.8, 4) is 0 Å². The molecule has 0 bridgehead atoms. The first-order valence-corrected chi connectivity index (χ1v) is 15.5. The lowest BCUT2D eigenvalue weighted by Gasteiger charge is -2.34. The van der Waals surface area contributed by atoms with Crippen molar-refractivity contribution >= 4 is 23.5 Å². The molecule has 5 heteroatoms. The van der Waals surface area contributed by atoms with Crippen molar-refractivity contribution in [2.75, 3.05) is 0 Å². The minimum atomic E-state index is -0.311. The van der Waals surface area contributed by atoms with Gasteiger partial charge < -0.3 is 9.47 Å². The van der Waals surface area contributed by atoms with E-state index in [1.165, 1.54) is 64.2 Å². The summed E-state index contributed by atoms with van der Waals surface area (Å²) in [6.45, 7) is 4.49. The molecule has 202 valence electrons. The Hall–Kier alpha value is -0.770. The summed E-state index contributed by atoms with van der Waals surface area (Å²) in [6.07, 6.45) is 20.8. The molecule has 3 aliphatic carbocycles. The fourth-order valence-electron chi connectivity index (χ4n) is 6.56. The van der Waals surface area contributed by atoms with Crippen LogP contribution in [0.3, 0.4) is 0 Å². The molecule has 3 saturated carbocycles. The van der Waals surface area contributed by atoms with Gasteiger partial charge in [-0.25, -0.2) is 0 Å². The number of esters is 2. The van der Waals surface area contributed by atoms with E-state index in [4.69, 9.17) is 21.1 Å². The van der Waals surface area contributed by atoms with Crippen molar-refractivity contribution in [3.63, 3.8) is 0 Å². The minimum absolute atomic E-state index is 0.0393. The Kier molecular flexibility index (Phi) is 12.7. The summed E-state index contributed by atoms with van der Waals surface area (Å²) in [5.74, 6) is 1.19. The van der Waals surface area contributed by atoms with E-state index in [2.05, 4.69) is 13.8 Å². The third-order valence-electron chi connectivity index (χ3n) is 9.00. The topological polar surface area (TPSA) is 52.6 Å². The maximum Gasteiger partial charge on any atom is 0.310 e. The second-order valence-electron chi connectivity index (χ2n) is 11.8. The van der Waals surface area contributed by atoms with Crippen LogP contribution >= 0.6 is 11.6 Å². The minimum Gasteiger partial charge on any atom is -0.462 e. The molecule has 0 aromatic rings. The van der Waals surface area contributed by atoms with Gasteiger partial charge in [-0.15, -0.1) is 11.6 Å². The Labute approximate surface area is 219 Å². The van der Waals surface area contributed by atoms with Gasteiger partial charge in [0.1, 0.15) is 12.2 Å². The highest BCUT2D eigenvalue weighted by Gasteiger charge is 2.38. The molecule has 4 nitrogen and oxygen atoms in total. The number of carbonyl (C=O) groups is 2. The van der Waals surface area contributed by atoms with Crippen LogP contribution in [0.5, 0.6) is 0 Å². The molecule has 0 aliphatic heterocycles. The molecular formula is C30H51ClO4. The summed E-state index contributed by atoms with van der Waals surface area (Å²) in [5, 5.41) is -0.311. The summed E-state index contributed by atoms with van der Waals surface area (Å²) in [7, 11) is 0. The third-order valence-corrected chi connectivity index (χ3v) is 9.48. The normalized spacial score (nSPS) is 33.7. The van der Waals surface area contributed by atoms with Crippen LogP contribution in [0.25, 0.3) is 0 Å². The molecule has 0 amide bonds. The van der Waals surface area contributed by atoms with E-state index in [9.17, 15) is 9.59 Å². The van der Waals surface area contributed by atoms with Crippen LogP contribution < -0.4 is 0 Å². The van der Waals surface area contributed by atoms with Crippen LogP contribution in [-0.2, 0) is 19.1 Å². The molecule has 0 aromatic heterocycles. The van der Waals surface area contributed by atoms with Gasteiger partial charge in [0.25, 0.3) is 0 Å². The monoisotopic (exact) mass is 510 g/mol. The van der Waals surface area contributed by atoms with E-state index < -0.39 is 0 Å². The van der Waals surface area contributed by atoms with Gasteiger partial charge in [-0.3, -0.25) is 9.59 Å². The maximum absolute atomic E-state index is 12.9. The van der Waals surface area contributed by atoms with Crippen LogP contribution in [-0.4, -0.2) is 29.5 Å². The molecular weight excluding hydrogens is 460 g/mol. The van der Waals surface area contributed by atoms with Gasteiger partial charge in [-0.2, -0.15) is 0 Å². The van der Waals surface area contributed by atoms with Crippen LogP contribution in [0.15, 0.2) is 0 Å². The van der Waals surface area contributed by atoms with E-state index in [1.54, 1.807) is 0 Å². The van der Waals surface area contributed by atoms with Gasteiger partial charge in [-0.05, 0) is 76.0 Å². The van der Waals surface area contributed by atoms with Crippen molar-refractivity contribution in [3.05, 3.63) is 0 Å². The van der Waals surface area contributed by atoms with Crippen molar-refractivity contribution in [2.45, 2.75) is 153 Å². The Morgan fingerprint density at radius 1 is 0.657 bits per heavy atom. The third kappa shape index (κ3) is 9.56. The summed E-state index contributed by atoms with van der Waals surface area (Å²) in [4.78, 5) is 25.6. The highest BCUT2D eigenvalue weighted by Crippen LogP contribution is 2.37. The van der Waals surface area contributed by atoms with Gasteiger partial charge in [0.15, 0.2) is 0 Å². The van der Waals surface area contributed by atoms with E-state index in [-0.39, 0.29) is 41.4 Å². The quantitative estimate of drug-likeness (QED) is 0.150. The number of hydrogen-bond donors (Lipinski definition) is 0. The van der Waals surface area contributed by atoms with Crippen LogP contribution in [0, 0.1) is 23.7 Å². The lowest BCUT2D eigenvalue weighted by Crippen LogP contribution is -2.39. The highest BCUT2D eigenvalue weighted by molar-refractivity contribution is 6.22. The molecule has 0 N–H and O–H groups in total. The van der Waals surface area contributed by atoms with Gasteiger partial charge in [-0.1, -0.05) is 65.2 Å². The number of ether oxygens (including phenoxy) is 2. The van der Waals surface area contributed by atoms with E-state index in [0.717, 1.165) is 50.4 Å².